The van der Waals surface area contributed by atoms with Gasteiger partial charge in [-0.25, -0.2) is 0 Å². The highest BCUT2D eigenvalue weighted by atomic mass is 32.2. The molecule has 0 amide bonds. The van der Waals surface area contributed by atoms with Crippen LogP contribution in [0.1, 0.15) is 5.56 Å². The second kappa shape index (κ2) is 6.93. The van der Waals surface area contributed by atoms with Gasteiger partial charge in [0.05, 0.1) is 10.6 Å². The SMILES string of the molecule is O=[N+]([O-])c1ccc(CSc2nnc3ccc(-c4ccccc4)nn23)cc1. The average molecular weight is 363 g/mol. The summed E-state index contributed by atoms with van der Waals surface area (Å²) < 4.78 is 1.72. The van der Waals surface area contributed by atoms with Gasteiger partial charge in [0.2, 0.25) is 5.16 Å². The predicted molar refractivity (Wildman–Crippen MR) is 98.9 cm³/mol. The molecule has 0 aliphatic rings. The van der Waals surface area contributed by atoms with Gasteiger partial charge in [0, 0.05) is 23.4 Å². The molecule has 8 heteroatoms. The normalized spacial score (nSPS) is 10.9. The van der Waals surface area contributed by atoms with Crippen LogP contribution in [0.4, 0.5) is 5.69 Å². The van der Waals surface area contributed by atoms with Gasteiger partial charge in [0.1, 0.15) is 0 Å². The van der Waals surface area contributed by atoms with E-state index in [1.54, 1.807) is 16.6 Å². The van der Waals surface area contributed by atoms with E-state index in [4.69, 9.17) is 0 Å². The van der Waals surface area contributed by atoms with Crippen molar-refractivity contribution >= 4 is 23.1 Å². The molecule has 0 bridgehead atoms. The van der Waals surface area contributed by atoms with E-state index in [9.17, 15) is 10.1 Å². The van der Waals surface area contributed by atoms with E-state index in [1.165, 1.54) is 23.9 Å². The van der Waals surface area contributed by atoms with Crippen LogP contribution in [0.15, 0.2) is 71.9 Å². The molecule has 4 rings (SSSR count). The number of nitro groups is 1. The summed E-state index contributed by atoms with van der Waals surface area (Å²) >= 11 is 1.48. The summed E-state index contributed by atoms with van der Waals surface area (Å²) in [4.78, 5) is 10.3. The molecule has 0 unspecified atom stereocenters. The van der Waals surface area contributed by atoms with Crippen molar-refractivity contribution in [1.82, 2.24) is 19.8 Å². The van der Waals surface area contributed by atoms with Crippen molar-refractivity contribution in [3.63, 3.8) is 0 Å². The molecule has 4 aromatic rings. The smallest absolute Gasteiger partial charge is 0.258 e. The predicted octanol–water partition coefficient (Wildman–Crippen LogP) is 3.99. The summed E-state index contributed by atoms with van der Waals surface area (Å²) in [5.74, 6) is 0.621. The number of nitrogens with zero attached hydrogens (tertiary/aromatic N) is 5. The van der Waals surface area contributed by atoms with Gasteiger partial charge >= 0.3 is 0 Å². The standard InChI is InChI=1S/C18H13N5O2S/c24-23(25)15-8-6-13(7-9-15)12-26-18-20-19-17-11-10-16(21-22(17)18)14-4-2-1-3-5-14/h1-11H,12H2. The molecular weight excluding hydrogens is 350 g/mol. The molecule has 0 aliphatic heterocycles. The van der Waals surface area contributed by atoms with Crippen molar-refractivity contribution in [3.05, 3.63) is 82.4 Å². The van der Waals surface area contributed by atoms with Crippen LogP contribution >= 0.6 is 11.8 Å². The second-order valence-corrected chi connectivity index (χ2v) is 6.49. The van der Waals surface area contributed by atoms with Crippen molar-refractivity contribution in [2.75, 3.05) is 0 Å². The summed E-state index contributed by atoms with van der Waals surface area (Å²) in [6.45, 7) is 0. The van der Waals surface area contributed by atoms with Crippen LogP contribution in [0, 0.1) is 10.1 Å². The Hall–Kier alpha value is -3.26. The van der Waals surface area contributed by atoms with Crippen LogP contribution in [-0.2, 0) is 5.75 Å². The first kappa shape index (κ1) is 16.2. The van der Waals surface area contributed by atoms with E-state index in [1.807, 2.05) is 42.5 Å². The van der Waals surface area contributed by atoms with Crippen molar-refractivity contribution in [2.45, 2.75) is 10.9 Å². The first-order valence-corrected chi connectivity index (χ1v) is 8.83. The van der Waals surface area contributed by atoms with Crippen molar-refractivity contribution in [3.8, 4) is 11.3 Å². The molecular formula is C18H13N5O2S. The first-order valence-electron chi connectivity index (χ1n) is 7.85. The van der Waals surface area contributed by atoms with Crippen molar-refractivity contribution < 1.29 is 4.92 Å². The summed E-state index contributed by atoms with van der Waals surface area (Å²) in [5, 5.41) is 24.4. The number of non-ortho nitro benzene ring substituents is 1. The molecule has 0 saturated carbocycles. The minimum absolute atomic E-state index is 0.0841. The molecule has 0 atom stereocenters. The number of aromatic nitrogens is 4. The maximum Gasteiger partial charge on any atom is 0.269 e. The summed E-state index contributed by atoms with van der Waals surface area (Å²) in [6.07, 6.45) is 0. The summed E-state index contributed by atoms with van der Waals surface area (Å²) in [5.41, 5.74) is 3.60. The van der Waals surface area contributed by atoms with Gasteiger partial charge in [-0.1, -0.05) is 54.2 Å². The Morgan fingerprint density at radius 3 is 2.46 bits per heavy atom. The van der Waals surface area contributed by atoms with Crippen LogP contribution in [0.2, 0.25) is 0 Å². The van der Waals surface area contributed by atoms with E-state index < -0.39 is 4.92 Å². The summed E-state index contributed by atoms with van der Waals surface area (Å²) in [6, 6.07) is 20.2. The van der Waals surface area contributed by atoms with E-state index in [2.05, 4.69) is 15.3 Å². The van der Waals surface area contributed by atoms with Crippen LogP contribution in [0.3, 0.4) is 0 Å². The molecule has 128 valence electrons. The minimum atomic E-state index is -0.405. The Labute approximate surface area is 152 Å². The molecule has 2 heterocycles. The lowest BCUT2D eigenvalue weighted by molar-refractivity contribution is -0.384. The molecule has 7 nitrogen and oxygen atoms in total. The van der Waals surface area contributed by atoms with Gasteiger partial charge < -0.3 is 0 Å². The van der Waals surface area contributed by atoms with Crippen LogP contribution in [0.5, 0.6) is 0 Å². The maximum absolute atomic E-state index is 10.7. The van der Waals surface area contributed by atoms with Gasteiger partial charge in [-0.05, 0) is 17.7 Å². The fourth-order valence-electron chi connectivity index (χ4n) is 2.48. The van der Waals surface area contributed by atoms with Gasteiger partial charge in [0.15, 0.2) is 5.65 Å². The fourth-order valence-corrected chi connectivity index (χ4v) is 3.33. The van der Waals surface area contributed by atoms with E-state index in [0.29, 0.717) is 16.6 Å². The highest BCUT2D eigenvalue weighted by molar-refractivity contribution is 7.98. The average Bonchev–Trinajstić information content (AvgIpc) is 3.09. The fraction of sp³-hybridized carbons (Fsp3) is 0.0556. The maximum atomic E-state index is 10.7. The lowest BCUT2D eigenvalue weighted by Crippen LogP contribution is -1.96. The van der Waals surface area contributed by atoms with Crippen LogP contribution in [-0.4, -0.2) is 24.7 Å². The zero-order valence-corrected chi connectivity index (χ0v) is 14.3. The second-order valence-electron chi connectivity index (χ2n) is 5.55. The number of nitro benzene ring substituents is 1. The number of thioether (sulfide) groups is 1. The van der Waals surface area contributed by atoms with E-state index in [0.717, 1.165) is 16.8 Å². The third kappa shape index (κ3) is 3.27. The molecule has 0 fully saturated rings. The molecule has 2 aromatic heterocycles. The Morgan fingerprint density at radius 1 is 0.962 bits per heavy atom. The lowest BCUT2D eigenvalue weighted by Gasteiger charge is -2.03. The zero-order chi connectivity index (χ0) is 17.9. The highest BCUT2D eigenvalue weighted by Gasteiger charge is 2.10. The van der Waals surface area contributed by atoms with Crippen LogP contribution in [0.25, 0.3) is 16.9 Å². The Balaban J connectivity index is 1.57. The first-order chi connectivity index (χ1) is 12.7. The molecule has 0 spiro atoms. The van der Waals surface area contributed by atoms with Gasteiger partial charge in [-0.2, -0.15) is 9.61 Å². The van der Waals surface area contributed by atoms with E-state index >= 15 is 0 Å². The van der Waals surface area contributed by atoms with Crippen molar-refractivity contribution in [1.29, 1.82) is 0 Å². The summed E-state index contributed by atoms with van der Waals surface area (Å²) in [7, 11) is 0. The molecule has 0 radical (unpaired) electrons. The van der Waals surface area contributed by atoms with Crippen molar-refractivity contribution in [2.24, 2.45) is 0 Å². The third-order valence-electron chi connectivity index (χ3n) is 3.82. The number of benzene rings is 2. The van der Waals surface area contributed by atoms with Gasteiger partial charge in [-0.3, -0.25) is 10.1 Å². The number of rotatable bonds is 5. The Morgan fingerprint density at radius 2 is 1.73 bits per heavy atom. The Bertz CT molecular complexity index is 1060. The van der Waals surface area contributed by atoms with Crippen LogP contribution < -0.4 is 0 Å². The topological polar surface area (TPSA) is 86.2 Å². The highest BCUT2D eigenvalue weighted by Crippen LogP contribution is 2.24. The zero-order valence-electron chi connectivity index (χ0n) is 13.5. The molecule has 0 aliphatic carbocycles. The number of hydrogen-bond acceptors (Lipinski definition) is 6. The molecule has 26 heavy (non-hydrogen) atoms. The van der Waals surface area contributed by atoms with Gasteiger partial charge in [0.25, 0.3) is 5.69 Å². The number of fused-ring (bicyclic) bond motifs is 1. The minimum Gasteiger partial charge on any atom is -0.258 e. The third-order valence-corrected chi connectivity index (χ3v) is 4.81. The quantitative estimate of drug-likeness (QED) is 0.303. The molecule has 0 N–H and O–H groups in total. The molecule has 0 saturated heterocycles. The largest absolute Gasteiger partial charge is 0.269 e. The van der Waals surface area contributed by atoms with E-state index in [-0.39, 0.29) is 5.69 Å². The monoisotopic (exact) mass is 363 g/mol. The molecule has 2 aromatic carbocycles. The number of hydrogen-bond donors (Lipinski definition) is 0. The van der Waals surface area contributed by atoms with Gasteiger partial charge in [-0.15, -0.1) is 10.2 Å². The Kier molecular flexibility index (Phi) is 4.32. The lowest BCUT2D eigenvalue weighted by atomic mass is 10.1.